The van der Waals surface area contributed by atoms with Crippen LogP contribution in [-0.4, -0.2) is 27.2 Å². The number of carbonyl (C=O) groups is 1. The molecule has 0 saturated heterocycles. The van der Waals surface area contributed by atoms with E-state index in [1.807, 2.05) is 19.1 Å². The molecule has 0 aliphatic heterocycles. The van der Waals surface area contributed by atoms with Crippen molar-refractivity contribution in [3.63, 3.8) is 0 Å². The number of anilines is 1. The third kappa shape index (κ3) is 5.32. The number of hydrogen-bond donors (Lipinski definition) is 1. The lowest BCUT2D eigenvalue weighted by Crippen LogP contribution is -2.20. The van der Waals surface area contributed by atoms with Gasteiger partial charge in [0.05, 0.1) is 4.90 Å². The summed E-state index contributed by atoms with van der Waals surface area (Å²) in [6.45, 7) is 6.01. The average Bonchev–Trinajstić information content (AvgIpc) is 2.53. The largest absolute Gasteiger partial charge is 0.483 e. The van der Waals surface area contributed by atoms with Crippen molar-refractivity contribution in [3.8, 4) is 5.75 Å². The minimum absolute atomic E-state index is 0.115. The zero-order chi connectivity index (χ0) is 18.6. The number of rotatable bonds is 6. The lowest BCUT2D eigenvalue weighted by atomic mass is 10.0. The molecule has 0 atom stereocenters. The monoisotopic (exact) mass is 361 g/mol. The summed E-state index contributed by atoms with van der Waals surface area (Å²) in [5.74, 6) is 0.764. The minimum Gasteiger partial charge on any atom is -0.483 e. The van der Waals surface area contributed by atoms with E-state index in [-0.39, 0.29) is 17.4 Å². The molecule has 6 heteroatoms. The molecule has 0 aliphatic carbocycles. The van der Waals surface area contributed by atoms with Crippen LogP contribution in [0.3, 0.4) is 0 Å². The van der Waals surface area contributed by atoms with Crippen molar-refractivity contribution in [1.29, 1.82) is 0 Å². The Morgan fingerprint density at radius 3 is 2.32 bits per heavy atom. The van der Waals surface area contributed by atoms with Gasteiger partial charge in [-0.2, -0.15) is 0 Å². The second kappa shape index (κ2) is 7.70. The van der Waals surface area contributed by atoms with Gasteiger partial charge in [0, 0.05) is 11.9 Å². The standard InChI is InChI=1S/C19H23NO4S/c1-13(2)15-6-5-14(3)18(11-15)24-12-19(21)20-16-7-9-17(10-8-16)25(4,22)23/h5-11,13H,12H2,1-4H3,(H,20,21). The summed E-state index contributed by atoms with van der Waals surface area (Å²) in [4.78, 5) is 12.3. The van der Waals surface area contributed by atoms with Gasteiger partial charge < -0.3 is 10.1 Å². The number of nitrogens with one attached hydrogen (secondary N) is 1. The fourth-order valence-electron chi connectivity index (χ4n) is 2.26. The van der Waals surface area contributed by atoms with Crippen LogP contribution >= 0.6 is 0 Å². The Kier molecular flexibility index (Phi) is 5.85. The first kappa shape index (κ1) is 19.0. The first-order valence-corrected chi connectivity index (χ1v) is 9.89. The molecule has 25 heavy (non-hydrogen) atoms. The highest BCUT2D eigenvalue weighted by Crippen LogP contribution is 2.24. The summed E-state index contributed by atoms with van der Waals surface area (Å²) in [6.07, 6.45) is 1.14. The van der Waals surface area contributed by atoms with Crippen molar-refractivity contribution in [2.75, 3.05) is 18.2 Å². The Labute approximate surface area is 148 Å². The van der Waals surface area contributed by atoms with Gasteiger partial charge in [-0.3, -0.25) is 4.79 Å². The first-order chi connectivity index (χ1) is 11.7. The Hall–Kier alpha value is -2.34. The highest BCUT2D eigenvalue weighted by Gasteiger charge is 2.10. The van der Waals surface area contributed by atoms with Gasteiger partial charge in [-0.15, -0.1) is 0 Å². The normalized spacial score (nSPS) is 11.4. The topological polar surface area (TPSA) is 72.5 Å². The number of aryl methyl sites for hydroxylation is 1. The zero-order valence-electron chi connectivity index (χ0n) is 14.9. The fraction of sp³-hybridized carbons (Fsp3) is 0.316. The molecule has 1 N–H and O–H groups in total. The predicted octanol–water partition coefficient (Wildman–Crippen LogP) is 3.54. The van der Waals surface area contributed by atoms with E-state index in [0.717, 1.165) is 17.4 Å². The van der Waals surface area contributed by atoms with Crippen molar-refractivity contribution in [3.05, 3.63) is 53.6 Å². The molecule has 0 aliphatic rings. The molecule has 0 aromatic heterocycles. The van der Waals surface area contributed by atoms with Gasteiger partial charge in [0.25, 0.3) is 5.91 Å². The molecule has 0 heterocycles. The van der Waals surface area contributed by atoms with Crippen LogP contribution in [0.2, 0.25) is 0 Å². The van der Waals surface area contributed by atoms with E-state index in [4.69, 9.17) is 4.74 Å². The number of amides is 1. The van der Waals surface area contributed by atoms with Crippen molar-refractivity contribution in [1.82, 2.24) is 0 Å². The van der Waals surface area contributed by atoms with E-state index in [0.29, 0.717) is 17.4 Å². The molecule has 0 fully saturated rings. The fourth-order valence-corrected chi connectivity index (χ4v) is 2.89. The third-order valence-corrected chi connectivity index (χ3v) is 4.93. The maximum atomic E-state index is 12.0. The lowest BCUT2D eigenvalue weighted by Gasteiger charge is -2.13. The first-order valence-electron chi connectivity index (χ1n) is 8.00. The SMILES string of the molecule is Cc1ccc(C(C)C)cc1OCC(=O)Nc1ccc(S(C)(=O)=O)cc1. The van der Waals surface area contributed by atoms with E-state index in [2.05, 4.69) is 25.2 Å². The van der Waals surface area contributed by atoms with E-state index >= 15 is 0 Å². The Morgan fingerprint density at radius 2 is 1.76 bits per heavy atom. The summed E-state index contributed by atoms with van der Waals surface area (Å²) >= 11 is 0. The number of ether oxygens (including phenoxy) is 1. The summed E-state index contributed by atoms with van der Waals surface area (Å²) in [6, 6.07) is 12.0. The molecule has 1 amide bonds. The van der Waals surface area contributed by atoms with E-state index < -0.39 is 9.84 Å². The van der Waals surface area contributed by atoms with Crippen molar-refractivity contribution in [2.24, 2.45) is 0 Å². The predicted molar refractivity (Wildman–Crippen MR) is 98.9 cm³/mol. The molecular weight excluding hydrogens is 338 g/mol. The maximum absolute atomic E-state index is 12.0. The Morgan fingerprint density at radius 1 is 1.12 bits per heavy atom. The van der Waals surface area contributed by atoms with Crippen LogP contribution in [0.4, 0.5) is 5.69 Å². The van der Waals surface area contributed by atoms with Gasteiger partial charge in [0.2, 0.25) is 0 Å². The highest BCUT2D eigenvalue weighted by atomic mass is 32.2. The van der Waals surface area contributed by atoms with Crippen LogP contribution in [0, 0.1) is 6.92 Å². The summed E-state index contributed by atoms with van der Waals surface area (Å²) in [5.41, 5.74) is 2.64. The van der Waals surface area contributed by atoms with Gasteiger partial charge in [-0.1, -0.05) is 26.0 Å². The van der Waals surface area contributed by atoms with Gasteiger partial charge in [0.15, 0.2) is 16.4 Å². The summed E-state index contributed by atoms with van der Waals surface area (Å²) in [5, 5.41) is 2.69. The maximum Gasteiger partial charge on any atom is 0.262 e. The second-order valence-electron chi connectivity index (χ2n) is 6.31. The molecule has 0 bridgehead atoms. The zero-order valence-corrected chi connectivity index (χ0v) is 15.7. The summed E-state index contributed by atoms with van der Waals surface area (Å²) in [7, 11) is -3.25. The van der Waals surface area contributed by atoms with E-state index in [1.54, 1.807) is 12.1 Å². The van der Waals surface area contributed by atoms with Gasteiger partial charge >= 0.3 is 0 Å². The molecule has 2 rings (SSSR count). The van der Waals surface area contributed by atoms with Gasteiger partial charge in [-0.05, 0) is 54.3 Å². The smallest absolute Gasteiger partial charge is 0.262 e. The number of carbonyl (C=O) groups excluding carboxylic acids is 1. The molecule has 0 saturated carbocycles. The van der Waals surface area contributed by atoms with E-state index in [1.165, 1.54) is 12.1 Å². The molecule has 2 aromatic carbocycles. The molecule has 0 unspecified atom stereocenters. The highest BCUT2D eigenvalue weighted by molar-refractivity contribution is 7.90. The second-order valence-corrected chi connectivity index (χ2v) is 8.33. The van der Waals surface area contributed by atoms with Crippen LogP contribution in [0.5, 0.6) is 5.75 Å². The summed E-state index contributed by atoms with van der Waals surface area (Å²) < 4.78 is 28.5. The quantitative estimate of drug-likeness (QED) is 0.854. The number of hydrogen-bond acceptors (Lipinski definition) is 4. The molecular formula is C19H23NO4S. The van der Waals surface area contributed by atoms with Crippen LogP contribution in [0.25, 0.3) is 0 Å². The van der Waals surface area contributed by atoms with Crippen molar-refractivity contribution >= 4 is 21.4 Å². The molecule has 134 valence electrons. The van der Waals surface area contributed by atoms with Crippen molar-refractivity contribution < 1.29 is 17.9 Å². The van der Waals surface area contributed by atoms with Gasteiger partial charge in [-0.25, -0.2) is 8.42 Å². The molecule has 0 radical (unpaired) electrons. The average molecular weight is 361 g/mol. The Balaban J connectivity index is 1.98. The Bertz CT molecular complexity index is 855. The number of benzene rings is 2. The molecule has 0 spiro atoms. The van der Waals surface area contributed by atoms with Crippen LogP contribution in [0.1, 0.15) is 30.9 Å². The van der Waals surface area contributed by atoms with Crippen molar-refractivity contribution in [2.45, 2.75) is 31.6 Å². The molecule has 2 aromatic rings. The minimum atomic E-state index is -3.25. The van der Waals surface area contributed by atoms with E-state index in [9.17, 15) is 13.2 Å². The van der Waals surface area contributed by atoms with Crippen LogP contribution in [-0.2, 0) is 14.6 Å². The lowest BCUT2D eigenvalue weighted by molar-refractivity contribution is -0.118. The third-order valence-electron chi connectivity index (χ3n) is 3.80. The van der Waals surface area contributed by atoms with Crippen LogP contribution in [0.15, 0.2) is 47.4 Å². The number of sulfone groups is 1. The molecule has 5 nitrogen and oxygen atoms in total. The van der Waals surface area contributed by atoms with Crippen LogP contribution < -0.4 is 10.1 Å². The van der Waals surface area contributed by atoms with Gasteiger partial charge in [0.1, 0.15) is 5.75 Å².